The van der Waals surface area contributed by atoms with E-state index in [1.807, 2.05) is 0 Å². The van der Waals surface area contributed by atoms with Crippen LogP contribution >= 0.6 is 0 Å². The molecule has 0 radical (unpaired) electrons. The van der Waals surface area contributed by atoms with Gasteiger partial charge in [0.2, 0.25) is 0 Å². The third-order valence-electron chi connectivity index (χ3n) is 3.07. The Labute approximate surface area is 81.0 Å². The number of rotatable bonds is 4. The Morgan fingerprint density at radius 2 is 1.69 bits per heavy atom. The molecule has 0 aromatic rings. The molecule has 0 heterocycles. The molecule has 2 atom stereocenters. The molecule has 2 heteroatoms. The highest BCUT2D eigenvalue weighted by molar-refractivity contribution is 4.73. The summed E-state index contributed by atoms with van der Waals surface area (Å²) in [5, 5.41) is 18.9. The number of hydrogen-bond acceptors (Lipinski definition) is 2. The predicted molar refractivity (Wildman–Crippen MR) is 53.5 cm³/mol. The second-order valence-corrected chi connectivity index (χ2v) is 4.39. The lowest BCUT2D eigenvalue weighted by Gasteiger charge is -2.26. The van der Waals surface area contributed by atoms with Crippen molar-refractivity contribution in [1.29, 1.82) is 0 Å². The van der Waals surface area contributed by atoms with Crippen LogP contribution in [-0.2, 0) is 0 Å². The van der Waals surface area contributed by atoms with E-state index >= 15 is 0 Å². The van der Waals surface area contributed by atoms with Crippen molar-refractivity contribution in [3.63, 3.8) is 0 Å². The Balaban J connectivity index is 2.17. The molecule has 1 saturated carbocycles. The standard InChI is InChI=1S/C11H22O2/c1-9(12)7-8-11(13)10-5-3-2-4-6-10/h9-13H,2-8H2,1H3. The normalized spacial score (nSPS) is 24.2. The third-order valence-corrected chi connectivity index (χ3v) is 3.07. The Morgan fingerprint density at radius 1 is 1.08 bits per heavy atom. The van der Waals surface area contributed by atoms with Crippen molar-refractivity contribution < 1.29 is 10.2 Å². The van der Waals surface area contributed by atoms with Crippen LogP contribution in [0.1, 0.15) is 51.9 Å². The minimum Gasteiger partial charge on any atom is -0.393 e. The fourth-order valence-electron chi connectivity index (χ4n) is 2.17. The molecule has 1 fully saturated rings. The van der Waals surface area contributed by atoms with Gasteiger partial charge in [0.15, 0.2) is 0 Å². The molecule has 0 aromatic carbocycles. The van der Waals surface area contributed by atoms with Gasteiger partial charge in [0.05, 0.1) is 12.2 Å². The summed E-state index contributed by atoms with van der Waals surface area (Å²) >= 11 is 0. The van der Waals surface area contributed by atoms with Crippen molar-refractivity contribution in [1.82, 2.24) is 0 Å². The maximum absolute atomic E-state index is 9.81. The molecule has 78 valence electrons. The molecule has 2 N–H and O–H groups in total. The van der Waals surface area contributed by atoms with Crippen molar-refractivity contribution in [2.24, 2.45) is 5.92 Å². The fourth-order valence-corrected chi connectivity index (χ4v) is 2.17. The molecule has 0 amide bonds. The van der Waals surface area contributed by atoms with Gasteiger partial charge in [-0.25, -0.2) is 0 Å². The van der Waals surface area contributed by atoms with E-state index in [-0.39, 0.29) is 12.2 Å². The van der Waals surface area contributed by atoms with E-state index in [9.17, 15) is 5.11 Å². The molecule has 0 aromatic heterocycles. The minimum absolute atomic E-state index is 0.171. The first kappa shape index (κ1) is 11.0. The average molecular weight is 186 g/mol. The molecule has 1 aliphatic rings. The largest absolute Gasteiger partial charge is 0.393 e. The quantitative estimate of drug-likeness (QED) is 0.705. The van der Waals surface area contributed by atoms with Gasteiger partial charge in [0, 0.05) is 0 Å². The van der Waals surface area contributed by atoms with E-state index in [0.29, 0.717) is 5.92 Å². The van der Waals surface area contributed by atoms with Crippen LogP contribution in [0.3, 0.4) is 0 Å². The van der Waals surface area contributed by atoms with Crippen LogP contribution < -0.4 is 0 Å². The summed E-state index contributed by atoms with van der Waals surface area (Å²) < 4.78 is 0. The molecular weight excluding hydrogens is 164 g/mol. The van der Waals surface area contributed by atoms with Crippen LogP contribution in [0.2, 0.25) is 0 Å². The lowest BCUT2D eigenvalue weighted by molar-refractivity contribution is 0.0608. The van der Waals surface area contributed by atoms with Gasteiger partial charge in [-0.1, -0.05) is 19.3 Å². The van der Waals surface area contributed by atoms with Gasteiger partial charge in [0.25, 0.3) is 0 Å². The van der Waals surface area contributed by atoms with Gasteiger partial charge in [-0.15, -0.1) is 0 Å². The van der Waals surface area contributed by atoms with Crippen molar-refractivity contribution >= 4 is 0 Å². The summed E-state index contributed by atoms with van der Waals surface area (Å²) in [6, 6.07) is 0. The number of aliphatic hydroxyl groups is 2. The molecule has 2 unspecified atom stereocenters. The Morgan fingerprint density at radius 3 is 2.23 bits per heavy atom. The SMILES string of the molecule is CC(O)CCC(O)C1CCCCC1. The van der Waals surface area contributed by atoms with Gasteiger partial charge in [-0.05, 0) is 38.5 Å². The van der Waals surface area contributed by atoms with Crippen LogP contribution in [0.25, 0.3) is 0 Å². The highest BCUT2D eigenvalue weighted by Crippen LogP contribution is 2.28. The lowest BCUT2D eigenvalue weighted by atomic mass is 9.83. The zero-order valence-electron chi connectivity index (χ0n) is 8.58. The third kappa shape index (κ3) is 4.10. The van der Waals surface area contributed by atoms with E-state index in [0.717, 1.165) is 12.8 Å². The smallest absolute Gasteiger partial charge is 0.0569 e. The number of aliphatic hydroxyl groups excluding tert-OH is 2. The van der Waals surface area contributed by atoms with E-state index in [2.05, 4.69) is 0 Å². The fraction of sp³-hybridized carbons (Fsp3) is 1.00. The van der Waals surface area contributed by atoms with Gasteiger partial charge in [-0.3, -0.25) is 0 Å². The zero-order valence-corrected chi connectivity index (χ0v) is 8.58. The van der Waals surface area contributed by atoms with Crippen molar-refractivity contribution in [2.45, 2.75) is 64.1 Å². The van der Waals surface area contributed by atoms with E-state index in [1.165, 1.54) is 32.1 Å². The first-order valence-electron chi connectivity index (χ1n) is 5.56. The van der Waals surface area contributed by atoms with Gasteiger partial charge < -0.3 is 10.2 Å². The maximum Gasteiger partial charge on any atom is 0.0569 e. The second kappa shape index (κ2) is 5.61. The summed E-state index contributed by atoms with van der Waals surface area (Å²) in [6.07, 6.45) is 7.31. The van der Waals surface area contributed by atoms with E-state index in [4.69, 9.17) is 5.11 Å². The molecule has 2 nitrogen and oxygen atoms in total. The van der Waals surface area contributed by atoms with Crippen LogP contribution in [0.15, 0.2) is 0 Å². The molecule has 0 spiro atoms. The Bertz CT molecular complexity index is 128. The van der Waals surface area contributed by atoms with E-state index < -0.39 is 0 Å². The molecule has 1 aliphatic carbocycles. The van der Waals surface area contributed by atoms with E-state index in [1.54, 1.807) is 6.92 Å². The van der Waals surface area contributed by atoms with Crippen LogP contribution in [0, 0.1) is 5.92 Å². The highest BCUT2D eigenvalue weighted by Gasteiger charge is 2.21. The lowest BCUT2D eigenvalue weighted by Crippen LogP contribution is -2.23. The number of hydrogen-bond donors (Lipinski definition) is 2. The molecule has 0 saturated heterocycles. The van der Waals surface area contributed by atoms with Crippen molar-refractivity contribution in [2.75, 3.05) is 0 Å². The summed E-state index contributed by atoms with van der Waals surface area (Å²) in [5.74, 6) is 0.507. The van der Waals surface area contributed by atoms with Crippen molar-refractivity contribution in [3.8, 4) is 0 Å². The summed E-state index contributed by atoms with van der Waals surface area (Å²) in [6.45, 7) is 1.79. The predicted octanol–water partition coefficient (Wildman–Crippen LogP) is 2.09. The minimum atomic E-state index is -0.266. The molecule has 1 rings (SSSR count). The zero-order chi connectivity index (χ0) is 9.68. The molecule has 13 heavy (non-hydrogen) atoms. The van der Waals surface area contributed by atoms with Gasteiger partial charge in [0.1, 0.15) is 0 Å². The summed E-state index contributed by atoms with van der Waals surface area (Å²) in [5.41, 5.74) is 0. The van der Waals surface area contributed by atoms with Gasteiger partial charge >= 0.3 is 0 Å². The highest BCUT2D eigenvalue weighted by atomic mass is 16.3. The molecule has 0 aliphatic heterocycles. The van der Waals surface area contributed by atoms with Crippen LogP contribution in [0.4, 0.5) is 0 Å². The van der Waals surface area contributed by atoms with Crippen LogP contribution in [-0.4, -0.2) is 22.4 Å². The second-order valence-electron chi connectivity index (χ2n) is 4.39. The Hall–Kier alpha value is -0.0800. The maximum atomic E-state index is 9.81. The van der Waals surface area contributed by atoms with Crippen LogP contribution in [0.5, 0.6) is 0 Å². The first-order valence-corrected chi connectivity index (χ1v) is 5.56. The Kier molecular flexibility index (Phi) is 4.74. The van der Waals surface area contributed by atoms with Crippen molar-refractivity contribution in [3.05, 3.63) is 0 Å². The topological polar surface area (TPSA) is 40.5 Å². The molecular formula is C11H22O2. The first-order chi connectivity index (χ1) is 6.20. The van der Waals surface area contributed by atoms with Gasteiger partial charge in [-0.2, -0.15) is 0 Å². The average Bonchev–Trinajstić information content (AvgIpc) is 2.15. The monoisotopic (exact) mass is 186 g/mol. The summed E-state index contributed by atoms with van der Waals surface area (Å²) in [4.78, 5) is 0. The summed E-state index contributed by atoms with van der Waals surface area (Å²) in [7, 11) is 0. The molecule has 0 bridgehead atoms.